The summed E-state index contributed by atoms with van der Waals surface area (Å²) in [5, 5.41) is 0. The van der Waals surface area contributed by atoms with Crippen LogP contribution in [0.25, 0.3) is 0 Å². The van der Waals surface area contributed by atoms with E-state index in [1.165, 1.54) is 70.6 Å². The van der Waals surface area contributed by atoms with Crippen LogP contribution in [0.2, 0.25) is 0 Å². The fraction of sp³-hybridized carbons (Fsp3) is 1.00. The van der Waals surface area contributed by atoms with Crippen LogP contribution >= 0.6 is 0 Å². The lowest BCUT2D eigenvalue weighted by Gasteiger charge is -2.25. The fourth-order valence-corrected chi connectivity index (χ4v) is 3.46. The van der Waals surface area contributed by atoms with E-state index in [1.807, 2.05) is 0 Å². The van der Waals surface area contributed by atoms with Crippen molar-refractivity contribution in [2.24, 2.45) is 17.3 Å². The predicted octanol–water partition coefficient (Wildman–Crippen LogP) is 8.39. The van der Waals surface area contributed by atoms with Crippen molar-refractivity contribution < 1.29 is 9.47 Å². The molecule has 27 heavy (non-hydrogen) atoms. The SMILES string of the molecule is CCCCC(CC)COC(CCCCC(C)(C)C)OCC(CC)CCCC. The van der Waals surface area contributed by atoms with Crippen molar-refractivity contribution in [1.82, 2.24) is 0 Å². The van der Waals surface area contributed by atoms with Gasteiger partial charge in [0.2, 0.25) is 0 Å². The highest BCUT2D eigenvalue weighted by atomic mass is 16.7. The van der Waals surface area contributed by atoms with Crippen LogP contribution in [0.5, 0.6) is 0 Å². The molecule has 0 aliphatic heterocycles. The second-order valence-corrected chi connectivity index (χ2v) is 9.74. The first-order valence-corrected chi connectivity index (χ1v) is 12.1. The van der Waals surface area contributed by atoms with E-state index in [-0.39, 0.29) is 6.29 Å². The summed E-state index contributed by atoms with van der Waals surface area (Å²) in [5.74, 6) is 1.38. The number of ether oxygens (including phenoxy) is 2. The summed E-state index contributed by atoms with van der Waals surface area (Å²) < 4.78 is 12.6. The summed E-state index contributed by atoms with van der Waals surface area (Å²) in [6, 6.07) is 0. The zero-order valence-electron chi connectivity index (χ0n) is 19.9. The minimum atomic E-state index is -0.00341. The zero-order valence-corrected chi connectivity index (χ0v) is 19.9. The van der Waals surface area contributed by atoms with E-state index >= 15 is 0 Å². The normalized spacial score (nSPS) is 15.7. The third-order valence-electron chi connectivity index (χ3n) is 5.74. The van der Waals surface area contributed by atoms with Gasteiger partial charge in [-0.2, -0.15) is 0 Å². The molecule has 164 valence electrons. The Kier molecular flexibility index (Phi) is 16.8. The molecule has 0 aromatic carbocycles. The van der Waals surface area contributed by atoms with Crippen LogP contribution in [0.15, 0.2) is 0 Å². The molecule has 2 atom stereocenters. The third kappa shape index (κ3) is 16.6. The molecule has 0 rings (SSSR count). The molecular formula is C25H52O2. The average Bonchev–Trinajstić information content (AvgIpc) is 2.63. The summed E-state index contributed by atoms with van der Waals surface area (Å²) in [5.41, 5.74) is 0.429. The monoisotopic (exact) mass is 384 g/mol. The second kappa shape index (κ2) is 16.8. The molecule has 0 saturated heterocycles. The Morgan fingerprint density at radius 2 is 1.11 bits per heavy atom. The minimum Gasteiger partial charge on any atom is -0.352 e. The van der Waals surface area contributed by atoms with Crippen LogP contribution in [0, 0.1) is 17.3 Å². The Bertz CT molecular complexity index is 288. The molecule has 0 spiro atoms. The van der Waals surface area contributed by atoms with Gasteiger partial charge in [0.1, 0.15) is 0 Å². The van der Waals surface area contributed by atoms with E-state index in [9.17, 15) is 0 Å². The number of hydrogen-bond acceptors (Lipinski definition) is 2. The van der Waals surface area contributed by atoms with E-state index in [4.69, 9.17) is 9.47 Å². The second-order valence-electron chi connectivity index (χ2n) is 9.74. The molecule has 0 saturated carbocycles. The van der Waals surface area contributed by atoms with Crippen molar-refractivity contribution in [1.29, 1.82) is 0 Å². The van der Waals surface area contributed by atoms with Crippen LogP contribution in [-0.2, 0) is 9.47 Å². The Hall–Kier alpha value is -0.0800. The molecule has 0 radical (unpaired) electrons. The van der Waals surface area contributed by atoms with Gasteiger partial charge in [-0.15, -0.1) is 0 Å². The molecule has 2 nitrogen and oxygen atoms in total. The van der Waals surface area contributed by atoms with Gasteiger partial charge in [0.25, 0.3) is 0 Å². The molecule has 0 aromatic heterocycles. The summed E-state index contributed by atoms with van der Waals surface area (Å²) in [6.07, 6.45) is 15.0. The van der Waals surface area contributed by atoms with Crippen LogP contribution in [-0.4, -0.2) is 19.5 Å². The molecule has 2 heteroatoms. The Morgan fingerprint density at radius 3 is 1.48 bits per heavy atom. The van der Waals surface area contributed by atoms with Crippen LogP contribution in [0.1, 0.15) is 126 Å². The summed E-state index contributed by atoms with van der Waals surface area (Å²) in [7, 11) is 0. The molecule has 0 amide bonds. The molecule has 0 heterocycles. The quantitative estimate of drug-likeness (QED) is 0.174. The number of unbranched alkanes of at least 4 members (excludes halogenated alkanes) is 3. The smallest absolute Gasteiger partial charge is 0.157 e. The van der Waals surface area contributed by atoms with Gasteiger partial charge in [-0.3, -0.25) is 0 Å². The summed E-state index contributed by atoms with van der Waals surface area (Å²) in [6.45, 7) is 17.9. The van der Waals surface area contributed by atoms with Gasteiger partial charge >= 0.3 is 0 Å². The van der Waals surface area contributed by atoms with Gasteiger partial charge in [0.05, 0.1) is 13.2 Å². The fourth-order valence-electron chi connectivity index (χ4n) is 3.46. The van der Waals surface area contributed by atoms with Crippen molar-refractivity contribution in [3.63, 3.8) is 0 Å². The minimum absolute atomic E-state index is 0.00341. The summed E-state index contributed by atoms with van der Waals surface area (Å²) >= 11 is 0. The topological polar surface area (TPSA) is 18.5 Å². The Morgan fingerprint density at radius 1 is 0.630 bits per heavy atom. The van der Waals surface area contributed by atoms with Crippen molar-refractivity contribution in [2.45, 2.75) is 132 Å². The van der Waals surface area contributed by atoms with E-state index in [0.29, 0.717) is 17.3 Å². The van der Waals surface area contributed by atoms with E-state index < -0.39 is 0 Å². The van der Waals surface area contributed by atoms with Crippen LogP contribution < -0.4 is 0 Å². The van der Waals surface area contributed by atoms with Gasteiger partial charge in [0, 0.05) is 0 Å². The zero-order chi connectivity index (χ0) is 20.5. The molecule has 0 aliphatic rings. The molecule has 0 fully saturated rings. The molecule has 2 unspecified atom stereocenters. The maximum Gasteiger partial charge on any atom is 0.157 e. The number of hydrogen-bond donors (Lipinski definition) is 0. The molecule has 0 N–H and O–H groups in total. The lowest BCUT2D eigenvalue weighted by molar-refractivity contribution is -0.162. The van der Waals surface area contributed by atoms with Gasteiger partial charge in [0.15, 0.2) is 6.29 Å². The highest BCUT2D eigenvalue weighted by Gasteiger charge is 2.17. The first-order valence-electron chi connectivity index (χ1n) is 12.1. The molecule has 0 bridgehead atoms. The summed E-state index contributed by atoms with van der Waals surface area (Å²) in [4.78, 5) is 0. The van der Waals surface area contributed by atoms with E-state index in [2.05, 4.69) is 48.5 Å². The highest BCUT2D eigenvalue weighted by molar-refractivity contribution is 4.63. The van der Waals surface area contributed by atoms with E-state index in [0.717, 1.165) is 19.6 Å². The predicted molar refractivity (Wildman–Crippen MR) is 120 cm³/mol. The van der Waals surface area contributed by atoms with Gasteiger partial charge in [-0.25, -0.2) is 0 Å². The van der Waals surface area contributed by atoms with Gasteiger partial charge in [-0.1, -0.05) is 93.4 Å². The maximum absolute atomic E-state index is 6.30. The van der Waals surface area contributed by atoms with Crippen molar-refractivity contribution in [3.05, 3.63) is 0 Å². The average molecular weight is 385 g/mol. The first-order chi connectivity index (χ1) is 12.9. The maximum atomic E-state index is 6.30. The molecule has 0 aliphatic carbocycles. The van der Waals surface area contributed by atoms with Crippen molar-refractivity contribution in [3.8, 4) is 0 Å². The lowest BCUT2D eigenvalue weighted by atomic mass is 9.89. The molecule has 0 aromatic rings. The van der Waals surface area contributed by atoms with Crippen LogP contribution in [0.4, 0.5) is 0 Å². The first kappa shape index (κ1) is 26.9. The van der Waals surface area contributed by atoms with Gasteiger partial charge < -0.3 is 9.47 Å². The van der Waals surface area contributed by atoms with Crippen molar-refractivity contribution >= 4 is 0 Å². The van der Waals surface area contributed by atoms with E-state index in [1.54, 1.807) is 0 Å². The Labute approximate surface area is 172 Å². The number of rotatable bonds is 18. The standard InChI is InChI=1S/C25H52O2/c1-8-12-16-22(10-3)20-26-24(18-14-15-19-25(5,6)7)27-21-23(11-4)17-13-9-2/h22-24H,8-21H2,1-7H3. The lowest BCUT2D eigenvalue weighted by Crippen LogP contribution is -2.24. The van der Waals surface area contributed by atoms with Gasteiger partial charge in [-0.05, 0) is 49.4 Å². The van der Waals surface area contributed by atoms with Crippen molar-refractivity contribution in [2.75, 3.05) is 13.2 Å². The highest BCUT2D eigenvalue weighted by Crippen LogP contribution is 2.24. The van der Waals surface area contributed by atoms with Crippen LogP contribution in [0.3, 0.4) is 0 Å². The molecular weight excluding hydrogens is 332 g/mol. The Balaban J connectivity index is 4.45. The third-order valence-corrected chi connectivity index (χ3v) is 5.74. The largest absolute Gasteiger partial charge is 0.352 e.